The smallest absolute Gasteiger partial charge is 0.239 e. The van der Waals surface area contributed by atoms with E-state index in [1.54, 1.807) is 6.20 Å². The van der Waals surface area contributed by atoms with Crippen LogP contribution in [0.2, 0.25) is 0 Å². The van der Waals surface area contributed by atoms with Gasteiger partial charge >= 0.3 is 0 Å². The summed E-state index contributed by atoms with van der Waals surface area (Å²) in [7, 11) is 2.01. The predicted molar refractivity (Wildman–Crippen MR) is 132 cm³/mol. The molecule has 0 saturated heterocycles. The van der Waals surface area contributed by atoms with E-state index in [9.17, 15) is 9.90 Å². The lowest BCUT2D eigenvalue weighted by molar-refractivity contribution is -0.124. The molecule has 2 aliphatic heterocycles. The Morgan fingerprint density at radius 3 is 2.76 bits per heavy atom. The number of aliphatic hydroxyl groups is 1. The lowest BCUT2D eigenvalue weighted by atomic mass is 10.1. The number of benzene rings is 2. The van der Waals surface area contributed by atoms with Crippen molar-refractivity contribution in [3.05, 3.63) is 70.3 Å². The summed E-state index contributed by atoms with van der Waals surface area (Å²) in [4.78, 5) is 23.7. The number of aliphatic hydroxyl groups excluding tert-OH is 1. The highest BCUT2D eigenvalue weighted by atomic mass is 79.9. The minimum Gasteiger partial charge on any atom is -0.394 e. The normalized spacial score (nSPS) is 17.8. The van der Waals surface area contributed by atoms with E-state index >= 15 is 0 Å². The van der Waals surface area contributed by atoms with Crippen molar-refractivity contribution in [2.24, 2.45) is 0 Å². The van der Waals surface area contributed by atoms with Crippen molar-refractivity contribution in [2.45, 2.75) is 19.1 Å². The van der Waals surface area contributed by atoms with Gasteiger partial charge in [0.25, 0.3) is 0 Å². The van der Waals surface area contributed by atoms with Gasteiger partial charge in [0, 0.05) is 48.1 Å². The van der Waals surface area contributed by atoms with Crippen molar-refractivity contribution in [3.63, 3.8) is 0 Å². The van der Waals surface area contributed by atoms with E-state index in [2.05, 4.69) is 71.0 Å². The number of amides is 1. The monoisotopic (exact) mass is 510 g/mol. The molecule has 4 N–H and O–H groups in total. The molecule has 3 aromatic rings. The van der Waals surface area contributed by atoms with E-state index in [-0.39, 0.29) is 12.5 Å². The summed E-state index contributed by atoms with van der Waals surface area (Å²) in [5.41, 5.74) is 4.79. The quantitative estimate of drug-likeness (QED) is 0.373. The molecule has 0 spiro atoms. The van der Waals surface area contributed by atoms with Crippen LogP contribution in [0.25, 0.3) is 11.3 Å². The molecule has 2 aliphatic rings. The van der Waals surface area contributed by atoms with Gasteiger partial charge in [-0.25, -0.2) is 9.97 Å². The topological polar surface area (TPSA) is 102 Å². The van der Waals surface area contributed by atoms with E-state index in [1.165, 1.54) is 5.56 Å². The lowest BCUT2D eigenvalue weighted by Crippen LogP contribution is -2.47. The molecule has 1 atom stereocenters. The highest BCUT2D eigenvalue weighted by molar-refractivity contribution is 9.10. The second-order valence-electron chi connectivity index (χ2n) is 8.08. The number of fused-ring (bicyclic) bond motifs is 10. The third-order valence-corrected chi connectivity index (χ3v) is 5.87. The number of hydrogen-bond acceptors (Lipinski definition) is 7. The third kappa shape index (κ3) is 6.35. The average molecular weight is 511 g/mol. The number of aromatic nitrogens is 2. The van der Waals surface area contributed by atoms with Crippen LogP contribution in [0.4, 0.5) is 11.6 Å². The standard InChI is InChI=1S/C24H27BrN6O2/c1-31-9-8-26-23(33)22(15-32)28-13-17-10-19(25)12-20(11-17)29-24-27-7-6-21(30-24)18-4-2-16(14-31)3-5-18/h2-7,10-12,22,28,32H,8-9,13-15H2,1H3,(H,26,33)(H,27,29,30)/t22-/m0/s1. The zero-order valence-corrected chi connectivity index (χ0v) is 20.0. The van der Waals surface area contributed by atoms with Crippen LogP contribution >= 0.6 is 15.9 Å². The summed E-state index contributed by atoms with van der Waals surface area (Å²) < 4.78 is 0.881. The molecule has 3 heterocycles. The molecular formula is C24H27BrN6O2. The Morgan fingerprint density at radius 2 is 1.97 bits per heavy atom. The molecule has 8 nitrogen and oxygen atoms in total. The van der Waals surface area contributed by atoms with Gasteiger partial charge in [0.1, 0.15) is 6.04 Å². The van der Waals surface area contributed by atoms with E-state index in [1.807, 2.05) is 31.3 Å². The zero-order chi connectivity index (χ0) is 23.2. The number of nitrogens with zero attached hydrogens (tertiary/aromatic N) is 3. The Hall–Kier alpha value is -2.85. The number of likely N-dealkylation sites (N-methyl/N-ethyl adjacent to an activating group) is 1. The molecule has 6 bridgehead atoms. The fraction of sp³-hybridized carbons (Fsp3) is 0.292. The molecule has 0 unspecified atom stereocenters. The summed E-state index contributed by atoms with van der Waals surface area (Å²) in [6, 6.07) is 15.4. The minimum absolute atomic E-state index is 0.219. The van der Waals surface area contributed by atoms with Gasteiger partial charge in [0.15, 0.2) is 0 Å². The van der Waals surface area contributed by atoms with Gasteiger partial charge in [-0.15, -0.1) is 0 Å². The highest BCUT2D eigenvalue weighted by Gasteiger charge is 2.17. The van der Waals surface area contributed by atoms with Gasteiger partial charge in [0.2, 0.25) is 11.9 Å². The Bertz CT molecular complexity index is 1110. The number of nitrogens with one attached hydrogen (secondary N) is 3. The Morgan fingerprint density at radius 1 is 1.15 bits per heavy atom. The maximum atomic E-state index is 12.5. The van der Waals surface area contributed by atoms with E-state index in [0.717, 1.165) is 33.5 Å². The second kappa shape index (κ2) is 10.8. The van der Waals surface area contributed by atoms with Gasteiger partial charge in [0.05, 0.1) is 12.3 Å². The van der Waals surface area contributed by atoms with Gasteiger partial charge in [-0.05, 0) is 42.4 Å². The molecule has 1 amide bonds. The van der Waals surface area contributed by atoms with Gasteiger partial charge in [-0.1, -0.05) is 40.2 Å². The van der Waals surface area contributed by atoms with Crippen LogP contribution in [-0.4, -0.2) is 58.7 Å². The summed E-state index contributed by atoms with van der Waals surface area (Å²) in [6.45, 7) is 2.09. The number of halogens is 1. The molecule has 0 saturated carbocycles. The fourth-order valence-electron chi connectivity index (χ4n) is 3.68. The molecule has 1 aromatic heterocycles. The van der Waals surface area contributed by atoms with Crippen LogP contribution < -0.4 is 16.0 Å². The molecule has 2 aromatic carbocycles. The van der Waals surface area contributed by atoms with Crippen LogP contribution in [-0.2, 0) is 17.9 Å². The zero-order valence-electron chi connectivity index (χ0n) is 18.4. The summed E-state index contributed by atoms with van der Waals surface area (Å²) >= 11 is 3.54. The number of carbonyl (C=O) groups excluding carboxylic acids is 1. The first kappa shape index (κ1) is 23.3. The Labute approximate surface area is 201 Å². The third-order valence-electron chi connectivity index (χ3n) is 5.42. The first-order chi connectivity index (χ1) is 16.0. The summed E-state index contributed by atoms with van der Waals surface area (Å²) in [5, 5.41) is 19.0. The number of carbonyl (C=O) groups is 1. The van der Waals surface area contributed by atoms with E-state index < -0.39 is 6.04 Å². The molecule has 172 valence electrons. The van der Waals surface area contributed by atoms with Gasteiger partial charge in [-0.3, -0.25) is 10.1 Å². The Kier molecular flexibility index (Phi) is 7.66. The molecule has 33 heavy (non-hydrogen) atoms. The van der Waals surface area contributed by atoms with Gasteiger partial charge in [-0.2, -0.15) is 0 Å². The van der Waals surface area contributed by atoms with Gasteiger partial charge < -0.3 is 20.6 Å². The average Bonchev–Trinajstić information content (AvgIpc) is 2.79. The van der Waals surface area contributed by atoms with Crippen molar-refractivity contribution in [3.8, 4) is 11.3 Å². The molecule has 9 heteroatoms. The predicted octanol–water partition coefficient (Wildman–Crippen LogP) is 2.66. The van der Waals surface area contributed by atoms with Crippen molar-refractivity contribution < 1.29 is 9.90 Å². The first-order valence-electron chi connectivity index (χ1n) is 10.8. The van der Waals surface area contributed by atoms with E-state index in [0.29, 0.717) is 25.6 Å². The largest absolute Gasteiger partial charge is 0.394 e. The SMILES string of the molecule is CN1CCNC(=O)[C@H](CO)NCc2cc(Br)cc(c2)Nc2nccc(n2)-c2ccc(cc2)C1. The maximum Gasteiger partial charge on any atom is 0.239 e. The van der Waals surface area contributed by atoms with Crippen LogP contribution in [0.1, 0.15) is 11.1 Å². The van der Waals surface area contributed by atoms with Crippen LogP contribution in [0.5, 0.6) is 0 Å². The van der Waals surface area contributed by atoms with Crippen molar-refractivity contribution in [1.82, 2.24) is 25.5 Å². The van der Waals surface area contributed by atoms with Crippen LogP contribution in [0.15, 0.2) is 59.2 Å². The summed E-state index contributed by atoms with van der Waals surface area (Å²) in [5.74, 6) is 0.276. The van der Waals surface area contributed by atoms with Crippen LogP contribution in [0.3, 0.4) is 0 Å². The number of rotatable bonds is 1. The molecular weight excluding hydrogens is 484 g/mol. The highest BCUT2D eigenvalue weighted by Crippen LogP contribution is 2.24. The van der Waals surface area contributed by atoms with E-state index in [4.69, 9.17) is 0 Å². The molecule has 0 radical (unpaired) electrons. The summed E-state index contributed by atoms with van der Waals surface area (Å²) in [6.07, 6.45) is 1.74. The van der Waals surface area contributed by atoms with Crippen LogP contribution in [0, 0.1) is 0 Å². The molecule has 0 aliphatic carbocycles. The lowest BCUT2D eigenvalue weighted by Gasteiger charge is -2.20. The molecule has 5 rings (SSSR count). The van der Waals surface area contributed by atoms with Crippen molar-refractivity contribution in [2.75, 3.05) is 32.1 Å². The first-order valence-corrected chi connectivity index (χ1v) is 11.6. The Balaban J connectivity index is 1.64. The second-order valence-corrected chi connectivity index (χ2v) is 9.00. The fourth-order valence-corrected chi connectivity index (χ4v) is 4.22. The number of hydrogen-bond donors (Lipinski definition) is 4. The minimum atomic E-state index is -0.691. The number of anilines is 2. The van der Waals surface area contributed by atoms with Crippen molar-refractivity contribution in [1.29, 1.82) is 0 Å². The van der Waals surface area contributed by atoms with Crippen molar-refractivity contribution >= 4 is 33.5 Å². The molecule has 0 fully saturated rings. The maximum absolute atomic E-state index is 12.5.